The van der Waals surface area contributed by atoms with Crippen LogP contribution in [0.5, 0.6) is 0 Å². The van der Waals surface area contributed by atoms with Gasteiger partial charge >= 0.3 is 6.18 Å². The molecular weight excluding hydrogens is 253 g/mol. The molecule has 0 spiro atoms. The first-order valence-corrected chi connectivity index (χ1v) is 4.93. The van der Waals surface area contributed by atoms with Crippen molar-refractivity contribution in [3.05, 3.63) is 11.9 Å². The molecule has 1 atom stereocenters. The van der Waals surface area contributed by atoms with Crippen LogP contribution >= 0.6 is 0 Å². The summed E-state index contributed by atoms with van der Waals surface area (Å²) < 4.78 is 37.2. The van der Waals surface area contributed by atoms with Crippen LogP contribution in [0.2, 0.25) is 0 Å². The summed E-state index contributed by atoms with van der Waals surface area (Å²) in [6, 6.07) is 1.10. The van der Waals surface area contributed by atoms with Crippen LogP contribution in [-0.2, 0) is 6.18 Å². The van der Waals surface area contributed by atoms with Gasteiger partial charge in [0.1, 0.15) is 17.2 Å². The number of hydrogen-bond donors (Lipinski definition) is 4. The minimum atomic E-state index is -4.70. The molecule has 1 aromatic heterocycles. The highest BCUT2D eigenvalue weighted by Gasteiger charge is 2.35. The zero-order valence-corrected chi connectivity index (χ0v) is 9.49. The van der Waals surface area contributed by atoms with E-state index < -0.39 is 24.2 Å². The van der Waals surface area contributed by atoms with Gasteiger partial charge in [0.05, 0.1) is 6.61 Å². The van der Waals surface area contributed by atoms with E-state index in [4.69, 9.17) is 10.8 Å². The predicted octanol–water partition coefficient (Wildman–Crippen LogP) is 0.233. The second-order valence-corrected chi connectivity index (χ2v) is 4.01. The van der Waals surface area contributed by atoms with E-state index in [1.807, 2.05) is 0 Å². The molecule has 9 heteroatoms. The van der Waals surface area contributed by atoms with E-state index in [1.54, 1.807) is 0 Å². The van der Waals surface area contributed by atoms with Crippen LogP contribution in [-0.4, -0.2) is 38.9 Å². The standard InChI is InChI=1S/C9H13F3N4O2/c1-8(18,4-17)3-14-6-2-5(13)15-7(16-6)9(10,11)12/h2,17-18H,3-4H2,1H3,(H3,13,14,15,16). The maximum absolute atomic E-state index is 12.4. The quantitative estimate of drug-likeness (QED) is 0.622. The van der Waals surface area contributed by atoms with Crippen molar-refractivity contribution >= 4 is 11.6 Å². The zero-order chi connectivity index (χ0) is 14.0. The minimum absolute atomic E-state index is 0.177. The Kier molecular flexibility index (Phi) is 3.97. The first kappa shape index (κ1) is 14.5. The van der Waals surface area contributed by atoms with Crippen LogP contribution in [0.4, 0.5) is 24.8 Å². The fourth-order valence-electron chi connectivity index (χ4n) is 1.02. The number of anilines is 2. The SMILES string of the molecule is CC(O)(CO)CNc1cc(N)nc(C(F)(F)F)n1. The second kappa shape index (κ2) is 4.94. The molecule has 0 bridgehead atoms. The van der Waals surface area contributed by atoms with Crippen molar-refractivity contribution in [2.24, 2.45) is 0 Å². The van der Waals surface area contributed by atoms with E-state index in [1.165, 1.54) is 6.92 Å². The van der Waals surface area contributed by atoms with Crippen LogP contribution in [0.3, 0.4) is 0 Å². The third kappa shape index (κ3) is 4.00. The first-order valence-electron chi connectivity index (χ1n) is 4.93. The lowest BCUT2D eigenvalue weighted by Gasteiger charge is -2.21. The molecule has 18 heavy (non-hydrogen) atoms. The third-order valence-corrected chi connectivity index (χ3v) is 1.99. The lowest BCUT2D eigenvalue weighted by Crippen LogP contribution is -2.37. The maximum atomic E-state index is 12.4. The summed E-state index contributed by atoms with van der Waals surface area (Å²) in [4.78, 5) is 6.28. The van der Waals surface area contributed by atoms with Gasteiger partial charge in [-0.2, -0.15) is 13.2 Å². The molecule has 1 aromatic rings. The van der Waals surface area contributed by atoms with Crippen molar-refractivity contribution in [3.8, 4) is 0 Å². The van der Waals surface area contributed by atoms with Crippen molar-refractivity contribution in [3.63, 3.8) is 0 Å². The van der Waals surface area contributed by atoms with E-state index in [0.717, 1.165) is 6.07 Å². The largest absolute Gasteiger partial charge is 0.451 e. The number of nitrogens with one attached hydrogen (secondary N) is 1. The molecule has 1 rings (SSSR count). The number of hydrogen-bond acceptors (Lipinski definition) is 6. The molecule has 0 saturated carbocycles. The van der Waals surface area contributed by atoms with Crippen LogP contribution in [0, 0.1) is 0 Å². The van der Waals surface area contributed by atoms with Gasteiger partial charge in [0.25, 0.3) is 0 Å². The highest BCUT2D eigenvalue weighted by molar-refractivity contribution is 5.45. The van der Waals surface area contributed by atoms with Gasteiger partial charge in [-0.15, -0.1) is 0 Å². The highest BCUT2D eigenvalue weighted by atomic mass is 19.4. The Balaban J connectivity index is 2.88. The van der Waals surface area contributed by atoms with Crippen LogP contribution in [0.25, 0.3) is 0 Å². The van der Waals surface area contributed by atoms with Crippen molar-refractivity contribution in [1.82, 2.24) is 9.97 Å². The molecule has 0 aliphatic carbocycles. The smallest absolute Gasteiger partial charge is 0.393 e. The van der Waals surface area contributed by atoms with Gasteiger partial charge in [-0.1, -0.05) is 0 Å². The molecule has 0 radical (unpaired) electrons. The van der Waals surface area contributed by atoms with Crippen molar-refractivity contribution in [1.29, 1.82) is 0 Å². The average molecular weight is 266 g/mol. The minimum Gasteiger partial charge on any atom is -0.393 e. The van der Waals surface area contributed by atoms with Crippen molar-refractivity contribution < 1.29 is 23.4 Å². The summed E-state index contributed by atoms with van der Waals surface area (Å²) in [6.07, 6.45) is -4.70. The molecule has 1 unspecified atom stereocenters. The molecule has 5 N–H and O–H groups in total. The summed E-state index contributed by atoms with van der Waals surface area (Å²) in [5.74, 6) is -1.89. The molecule has 0 aromatic carbocycles. The first-order chi connectivity index (χ1) is 8.14. The zero-order valence-electron chi connectivity index (χ0n) is 9.49. The molecule has 102 valence electrons. The lowest BCUT2D eigenvalue weighted by atomic mass is 10.1. The summed E-state index contributed by atoms with van der Waals surface area (Å²) in [5, 5.41) is 20.7. The fraction of sp³-hybridized carbons (Fsp3) is 0.556. The molecule has 0 amide bonds. The van der Waals surface area contributed by atoms with E-state index in [9.17, 15) is 18.3 Å². The Morgan fingerprint density at radius 1 is 1.39 bits per heavy atom. The Labute approximate surface area is 101 Å². The summed E-state index contributed by atoms with van der Waals surface area (Å²) in [6.45, 7) is 0.583. The van der Waals surface area contributed by atoms with E-state index in [-0.39, 0.29) is 18.2 Å². The Hall–Kier alpha value is -1.61. The summed E-state index contributed by atoms with van der Waals surface area (Å²) in [5.41, 5.74) is 3.75. The third-order valence-electron chi connectivity index (χ3n) is 1.99. The predicted molar refractivity (Wildman–Crippen MR) is 57.6 cm³/mol. The monoisotopic (exact) mass is 266 g/mol. The maximum Gasteiger partial charge on any atom is 0.451 e. The van der Waals surface area contributed by atoms with Gasteiger partial charge in [0.2, 0.25) is 5.82 Å². The fourth-order valence-corrected chi connectivity index (χ4v) is 1.02. The summed E-state index contributed by atoms with van der Waals surface area (Å²) >= 11 is 0. The van der Waals surface area contributed by atoms with Gasteiger partial charge in [0, 0.05) is 12.6 Å². The second-order valence-electron chi connectivity index (χ2n) is 4.01. The molecule has 0 aliphatic rings. The number of aromatic nitrogens is 2. The van der Waals surface area contributed by atoms with Crippen molar-refractivity contribution in [2.75, 3.05) is 24.2 Å². The van der Waals surface area contributed by atoms with Crippen molar-refractivity contribution in [2.45, 2.75) is 18.7 Å². The number of nitrogens with zero attached hydrogens (tertiary/aromatic N) is 2. The number of aliphatic hydroxyl groups is 2. The number of rotatable bonds is 4. The Bertz CT molecular complexity index is 423. The topological polar surface area (TPSA) is 104 Å². The van der Waals surface area contributed by atoms with Gasteiger partial charge in [0.15, 0.2) is 0 Å². The number of aliphatic hydroxyl groups excluding tert-OH is 1. The van der Waals surface area contributed by atoms with Gasteiger partial charge in [-0.05, 0) is 6.92 Å². The van der Waals surface area contributed by atoms with E-state index in [2.05, 4.69) is 15.3 Å². The number of nitrogen functional groups attached to an aromatic ring is 1. The molecule has 1 heterocycles. The lowest BCUT2D eigenvalue weighted by molar-refractivity contribution is -0.144. The van der Waals surface area contributed by atoms with Crippen LogP contribution in [0.1, 0.15) is 12.7 Å². The number of alkyl halides is 3. The number of nitrogens with two attached hydrogens (primary N) is 1. The average Bonchev–Trinajstić information content (AvgIpc) is 2.25. The Morgan fingerprint density at radius 2 is 2.00 bits per heavy atom. The Morgan fingerprint density at radius 3 is 2.50 bits per heavy atom. The molecule has 0 fully saturated rings. The molecule has 0 aliphatic heterocycles. The highest BCUT2D eigenvalue weighted by Crippen LogP contribution is 2.27. The summed E-state index contributed by atoms with van der Waals surface area (Å²) in [7, 11) is 0. The van der Waals surface area contributed by atoms with Crippen LogP contribution in [0.15, 0.2) is 6.07 Å². The van der Waals surface area contributed by atoms with Gasteiger partial charge in [-0.3, -0.25) is 0 Å². The van der Waals surface area contributed by atoms with Gasteiger partial charge in [-0.25, -0.2) is 9.97 Å². The van der Waals surface area contributed by atoms with E-state index in [0.29, 0.717) is 0 Å². The van der Waals surface area contributed by atoms with E-state index >= 15 is 0 Å². The molecular formula is C9H13F3N4O2. The van der Waals surface area contributed by atoms with Crippen LogP contribution < -0.4 is 11.1 Å². The number of halogens is 3. The van der Waals surface area contributed by atoms with Gasteiger partial charge < -0.3 is 21.3 Å². The molecule has 0 saturated heterocycles. The molecule has 6 nitrogen and oxygen atoms in total. The normalized spacial score (nSPS) is 15.2.